The zero-order chi connectivity index (χ0) is 20.5. The first kappa shape index (κ1) is 22.4. The molecular weight excluding hydrogens is 431 g/mol. The molecule has 3 aromatic rings. The predicted octanol–water partition coefficient (Wildman–Crippen LogP) is 3.27. The zero-order valence-corrected chi connectivity index (χ0v) is 19.8. The maximum atomic E-state index is 6.89. The van der Waals surface area contributed by atoms with Crippen LogP contribution in [0.5, 0.6) is 0 Å². The fourth-order valence-electron chi connectivity index (χ4n) is 3.46. The lowest BCUT2D eigenvalue weighted by molar-refractivity contribution is -0.462. The highest BCUT2D eigenvalue weighted by atomic mass is 35.5. The van der Waals surface area contributed by atoms with Crippen LogP contribution < -0.4 is 17.3 Å². The Morgan fingerprint density at radius 3 is 2.10 bits per heavy atom. The molecule has 30 heavy (non-hydrogen) atoms. The number of halogens is 2. The first-order valence-corrected chi connectivity index (χ1v) is 10.7. The van der Waals surface area contributed by atoms with Gasteiger partial charge in [-0.1, -0.05) is 41.9 Å². The summed E-state index contributed by atoms with van der Waals surface area (Å²) in [7, 11) is 8.23. The number of hydrogen-bond acceptors (Lipinski definition) is 2. The van der Waals surface area contributed by atoms with Crippen LogP contribution in [-0.2, 0) is 0 Å². The van der Waals surface area contributed by atoms with Crippen molar-refractivity contribution < 1.29 is 17.0 Å². The molecule has 1 aliphatic rings. The summed E-state index contributed by atoms with van der Waals surface area (Å²) in [4.78, 5) is 3.23. The molecule has 0 spiro atoms. The van der Waals surface area contributed by atoms with Crippen molar-refractivity contribution in [3.8, 4) is 0 Å². The van der Waals surface area contributed by atoms with Crippen LogP contribution in [0.2, 0.25) is 5.02 Å². The Bertz CT molecular complexity index is 1170. The maximum absolute atomic E-state index is 6.89. The Hall–Kier alpha value is -2.33. The van der Waals surface area contributed by atoms with Gasteiger partial charge in [-0.2, -0.15) is 0 Å². The van der Waals surface area contributed by atoms with Crippen molar-refractivity contribution in [1.29, 1.82) is 0 Å². The molecule has 0 N–H and O–H groups in total. The quantitative estimate of drug-likeness (QED) is 0.550. The number of anilines is 1. The molecule has 2 nitrogen and oxygen atoms in total. The molecule has 1 heterocycles. The highest BCUT2D eigenvalue weighted by molar-refractivity contribution is 7.21. The van der Waals surface area contributed by atoms with Crippen LogP contribution in [0.1, 0.15) is 10.4 Å². The first-order chi connectivity index (χ1) is 14.0. The molecular formula is C25H24Cl2N2S. The number of rotatable bonds is 3. The fraction of sp³-hybridized carbons (Fsp3) is 0.160. The normalized spacial score (nSPS) is 12.8. The van der Waals surface area contributed by atoms with Crippen LogP contribution in [0.4, 0.5) is 5.69 Å². The van der Waals surface area contributed by atoms with Gasteiger partial charge in [-0.05, 0) is 41.5 Å². The Kier molecular flexibility index (Phi) is 6.87. The molecule has 0 saturated heterocycles. The Labute approximate surface area is 193 Å². The third-order valence-corrected chi connectivity index (χ3v) is 6.80. The van der Waals surface area contributed by atoms with E-state index in [0.29, 0.717) is 0 Å². The van der Waals surface area contributed by atoms with Gasteiger partial charge in [0.25, 0.3) is 0 Å². The summed E-state index contributed by atoms with van der Waals surface area (Å²) >= 11 is 8.64. The molecule has 2 aromatic carbocycles. The van der Waals surface area contributed by atoms with Crippen LogP contribution in [-0.4, -0.2) is 38.5 Å². The molecule has 0 fully saturated rings. The lowest BCUT2D eigenvalue weighted by atomic mass is 9.94. The van der Waals surface area contributed by atoms with E-state index in [0.717, 1.165) is 15.3 Å². The Morgan fingerprint density at radius 2 is 1.53 bits per heavy atom. The maximum Gasteiger partial charge on any atom is 0.199 e. The van der Waals surface area contributed by atoms with Crippen LogP contribution in [0.3, 0.4) is 0 Å². The van der Waals surface area contributed by atoms with E-state index in [2.05, 4.69) is 104 Å². The van der Waals surface area contributed by atoms with Crippen molar-refractivity contribution in [2.24, 2.45) is 0 Å². The van der Waals surface area contributed by atoms with Gasteiger partial charge in [-0.25, -0.2) is 4.58 Å². The summed E-state index contributed by atoms with van der Waals surface area (Å²) in [6.07, 6.45) is 8.69. The van der Waals surface area contributed by atoms with E-state index in [9.17, 15) is 0 Å². The lowest BCUT2D eigenvalue weighted by Crippen LogP contribution is -3.00. The summed E-state index contributed by atoms with van der Waals surface area (Å²) < 4.78 is 3.32. The highest BCUT2D eigenvalue weighted by Crippen LogP contribution is 2.43. The summed E-state index contributed by atoms with van der Waals surface area (Å²) in [6, 6.07) is 17.0. The number of allylic oxidation sites excluding steroid dienone is 5. The van der Waals surface area contributed by atoms with Gasteiger partial charge in [0.1, 0.15) is 14.1 Å². The van der Waals surface area contributed by atoms with Gasteiger partial charge in [0.15, 0.2) is 5.71 Å². The van der Waals surface area contributed by atoms with E-state index in [1.165, 1.54) is 32.8 Å². The first-order valence-electron chi connectivity index (χ1n) is 9.55. The number of hydrogen-bond donors (Lipinski definition) is 0. The average molecular weight is 455 g/mol. The van der Waals surface area contributed by atoms with Gasteiger partial charge in [0.2, 0.25) is 0 Å². The summed E-state index contributed by atoms with van der Waals surface area (Å²) in [5.41, 5.74) is 5.87. The van der Waals surface area contributed by atoms with Crippen molar-refractivity contribution in [1.82, 2.24) is 0 Å². The molecule has 4 rings (SSSR count). The van der Waals surface area contributed by atoms with Crippen LogP contribution in [0.15, 0.2) is 78.4 Å². The van der Waals surface area contributed by atoms with Gasteiger partial charge < -0.3 is 17.3 Å². The van der Waals surface area contributed by atoms with Gasteiger partial charge in [-0.15, -0.1) is 11.3 Å². The van der Waals surface area contributed by atoms with Gasteiger partial charge in [0.05, 0.1) is 9.90 Å². The molecule has 0 amide bonds. The largest absolute Gasteiger partial charge is 1.00 e. The smallest absolute Gasteiger partial charge is 0.199 e. The van der Waals surface area contributed by atoms with Gasteiger partial charge in [-0.3, -0.25) is 0 Å². The van der Waals surface area contributed by atoms with E-state index in [1.54, 1.807) is 11.3 Å². The second-order valence-corrected chi connectivity index (χ2v) is 8.93. The molecule has 5 heteroatoms. The monoisotopic (exact) mass is 454 g/mol. The average Bonchev–Trinajstić information content (AvgIpc) is 3.05. The third kappa shape index (κ3) is 4.24. The van der Waals surface area contributed by atoms with E-state index >= 15 is 0 Å². The minimum atomic E-state index is 0. The van der Waals surface area contributed by atoms with Crippen molar-refractivity contribution in [3.05, 3.63) is 93.9 Å². The third-order valence-electron chi connectivity index (χ3n) is 5.11. The number of nitrogens with zero attached hydrogens (tertiary/aromatic N) is 2. The highest BCUT2D eigenvalue weighted by Gasteiger charge is 2.19. The molecule has 0 atom stereocenters. The molecule has 0 aliphatic heterocycles. The molecule has 0 bridgehead atoms. The van der Waals surface area contributed by atoms with Crippen LogP contribution >= 0.6 is 22.9 Å². The van der Waals surface area contributed by atoms with Gasteiger partial charge >= 0.3 is 0 Å². The number of thiophene rings is 1. The van der Waals surface area contributed by atoms with E-state index in [-0.39, 0.29) is 12.4 Å². The van der Waals surface area contributed by atoms with Gasteiger partial charge in [0, 0.05) is 47.6 Å². The Morgan fingerprint density at radius 1 is 0.900 bits per heavy atom. The molecule has 0 unspecified atom stereocenters. The second kappa shape index (κ2) is 9.22. The summed E-state index contributed by atoms with van der Waals surface area (Å²) in [5.74, 6) is 0. The summed E-state index contributed by atoms with van der Waals surface area (Å²) in [5, 5.41) is 1.94. The molecule has 154 valence electrons. The van der Waals surface area contributed by atoms with Crippen molar-refractivity contribution in [3.63, 3.8) is 0 Å². The standard InChI is InChI=1S/C25H24ClN2S.ClH/c1-27(2)19-13-9-17(10-14-19)23(18-11-15-20(16-12-18)28(3)4)25-24(26)21-7-5-6-8-22(21)29-25;/h5-16H,1-4H3;1H/q+1;/p-1. The Balaban J connectivity index is 0.00000256. The minimum Gasteiger partial charge on any atom is -1.00 e. The fourth-order valence-corrected chi connectivity index (χ4v) is 5.07. The van der Waals surface area contributed by atoms with Crippen LogP contribution in [0, 0.1) is 0 Å². The van der Waals surface area contributed by atoms with E-state index < -0.39 is 0 Å². The molecule has 0 saturated carbocycles. The lowest BCUT2D eigenvalue weighted by Gasteiger charge is -2.16. The van der Waals surface area contributed by atoms with Crippen LogP contribution in [0.25, 0.3) is 15.7 Å². The van der Waals surface area contributed by atoms with Crippen molar-refractivity contribution in [2.45, 2.75) is 0 Å². The molecule has 0 radical (unpaired) electrons. The van der Waals surface area contributed by atoms with Crippen molar-refractivity contribution in [2.75, 3.05) is 33.1 Å². The SMILES string of the molecule is CN(C)c1ccc(C(=C2C=CC(=[N+](C)C)C=C2)c2sc3ccccc3c2Cl)cc1.[Cl-]. The molecule has 1 aromatic heterocycles. The summed E-state index contributed by atoms with van der Waals surface area (Å²) in [6.45, 7) is 0. The van der Waals surface area contributed by atoms with E-state index in [1.807, 2.05) is 6.07 Å². The molecule has 1 aliphatic carbocycles. The minimum absolute atomic E-state index is 0. The second-order valence-electron chi connectivity index (χ2n) is 7.50. The topological polar surface area (TPSA) is 6.25 Å². The number of benzene rings is 2. The number of fused-ring (bicyclic) bond motifs is 1. The zero-order valence-electron chi connectivity index (χ0n) is 17.5. The van der Waals surface area contributed by atoms with Crippen molar-refractivity contribution >= 4 is 50.0 Å². The predicted molar refractivity (Wildman–Crippen MR) is 129 cm³/mol. The van der Waals surface area contributed by atoms with E-state index in [4.69, 9.17) is 11.6 Å².